The highest BCUT2D eigenvalue weighted by molar-refractivity contribution is 5.36. The summed E-state index contributed by atoms with van der Waals surface area (Å²) in [7, 11) is 0. The highest BCUT2D eigenvalue weighted by atomic mass is 16.5. The zero-order valence-corrected chi connectivity index (χ0v) is 11.8. The van der Waals surface area contributed by atoms with Crippen LogP contribution in [0.3, 0.4) is 0 Å². The maximum absolute atomic E-state index is 8.51. The van der Waals surface area contributed by atoms with Crippen molar-refractivity contribution in [1.82, 2.24) is 15.0 Å². The summed E-state index contributed by atoms with van der Waals surface area (Å²) in [5, 5.41) is 14.7. The Morgan fingerprint density at radius 2 is 1.84 bits per heavy atom. The lowest BCUT2D eigenvalue weighted by molar-refractivity contribution is 0.337. The molecule has 1 heterocycles. The van der Waals surface area contributed by atoms with Crippen molar-refractivity contribution in [2.45, 2.75) is 33.7 Å². The van der Waals surface area contributed by atoms with Crippen molar-refractivity contribution in [3.05, 3.63) is 0 Å². The number of nitrogens with one attached hydrogen (secondary N) is 2. The minimum atomic E-state index is -0.0885. The minimum absolute atomic E-state index is 0.0885. The molecule has 0 spiro atoms. The van der Waals surface area contributed by atoms with E-state index in [1.165, 1.54) is 0 Å². The van der Waals surface area contributed by atoms with E-state index in [0.717, 1.165) is 6.54 Å². The third-order valence-corrected chi connectivity index (χ3v) is 1.97. The average Bonchev–Trinajstić information content (AvgIpc) is 2.33. The molecule has 0 aromatic carbocycles. The van der Waals surface area contributed by atoms with Gasteiger partial charge in [0.1, 0.15) is 6.07 Å². The third kappa shape index (κ3) is 5.86. The summed E-state index contributed by atoms with van der Waals surface area (Å²) in [6, 6.07) is 2.23. The van der Waals surface area contributed by atoms with E-state index in [1.807, 2.05) is 19.9 Å². The van der Waals surface area contributed by atoms with Crippen LogP contribution in [-0.2, 0) is 0 Å². The Bertz CT molecular complexity index is 440. The van der Waals surface area contributed by atoms with Crippen LogP contribution >= 0.6 is 0 Å². The summed E-state index contributed by atoms with van der Waals surface area (Å²) < 4.78 is 5.12. The number of nitriles is 1. The molecule has 0 aliphatic carbocycles. The fourth-order valence-corrected chi connectivity index (χ4v) is 1.22. The summed E-state index contributed by atoms with van der Waals surface area (Å²) in [6.07, 6.45) is 0. The first-order valence-corrected chi connectivity index (χ1v) is 6.27. The van der Waals surface area contributed by atoms with Gasteiger partial charge in [-0.3, -0.25) is 0 Å². The van der Waals surface area contributed by atoms with E-state index in [4.69, 9.17) is 10.00 Å². The molecule has 1 aromatic heterocycles. The number of anilines is 2. The summed E-state index contributed by atoms with van der Waals surface area (Å²) in [5.74, 6) is 1.35. The summed E-state index contributed by atoms with van der Waals surface area (Å²) >= 11 is 0. The Labute approximate surface area is 113 Å². The van der Waals surface area contributed by atoms with E-state index in [2.05, 4.69) is 39.4 Å². The van der Waals surface area contributed by atoms with Crippen LogP contribution in [0.15, 0.2) is 0 Å². The molecule has 7 heteroatoms. The molecule has 0 amide bonds. The molecule has 0 fully saturated rings. The summed E-state index contributed by atoms with van der Waals surface area (Å²) in [5.41, 5.74) is 0. The van der Waals surface area contributed by atoms with Gasteiger partial charge in [-0.15, -0.1) is 0 Å². The minimum Gasteiger partial charge on any atom is -0.448 e. The molecule has 1 rings (SSSR count). The van der Waals surface area contributed by atoms with Gasteiger partial charge in [0, 0.05) is 12.6 Å². The Morgan fingerprint density at radius 3 is 2.42 bits per heavy atom. The maximum Gasteiger partial charge on any atom is 0.324 e. The highest BCUT2D eigenvalue weighted by Gasteiger charge is 2.08. The number of ether oxygens (including phenoxy) is 1. The van der Waals surface area contributed by atoms with Crippen LogP contribution in [0.1, 0.15) is 27.7 Å². The largest absolute Gasteiger partial charge is 0.448 e. The summed E-state index contributed by atoms with van der Waals surface area (Å²) in [4.78, 5) is 12.4. The van der Waals surface area contributed by atoms with Crippen LogP contribution in [0, 0.1) is 17.2 Å². The van der Waals surface area contributed by atoms with Crippen LogP contribution in [-0.4, -0.2) is 34.1 Å². The topological polar surface area (TPSA) is 95.8 Å². The molecule has 7 nitrogen and oxygen atoms in total. The molecule has 2 N–H and O–H groups in total. The lowest BCUT2D eigenvalue weighted by Gasteiger charge is -2.12. The zero-order valence-electron chi connectivity index (χ0n) is 11.8. The molecule has 0 unspecified atom stereocenters. The molecule has 104 valence electrons. The molecular formula is C12H20N6O. The molecule has 0 atom stereocenters. The van der Waals surface area contributed by atoms with Crippen LogP contribution in [0.2, 0.25) is 0 Å². The van der Waals surface area contributed by atoms with Gasteiger partial charge in [-0.1, -0.05) is 13.8 Å². The lowest BCUT2D eigenvalue weighted by atomic mass is 10.2. The van der Waals surface area contributed by atoms with E-state index < -0.39 is 0 Å². The van der Waals surface area contributed by atoms with Crippen LogP contribution < -0.4 is 15.4 Å². The fourth-order valence-electron chi connectivity index (χ4n) is 1.22. The lowest BCUT2D eigenvalue weighted by Crippen LogP contribution is -2.17. The van der Waals surface area contributed by atoms with Crippen molar-refractivity contribution >= 4 is 11.9 Å². The normalized spacial score (nSPS) is 10.4. The van der Waals surface area contributed by atoms with Gasteiger partial charge in [0.25, 0.3) is 0 Å². The molecule has 0 bridgehead atoms. The highest BCUT2D eigenvalue weighted by Crippen LogP contribution is 2.12. The predicted molar refractivity (Wildman–Crippen MR) is 73.0 cm³/mol. The fraction of sp³-hybridized carbons (Fsp3) is 0.667. The van der Waals surface area contributed by atoms with Crippen LogP contribution in [0.5, 0.6) is 6.01 Å². The molecule has 0 saturated heterocycles. The molecule has 0 saturated carbocycles. The molecular weight excluding hydrogens is 244 g/mol. The van der Waals surface area contributed by atoms with Gasteiger partial charge in [0.15, 0.2) is 6.61 Å². The van der Waals surface area contributed by atoms with E-state index >= 15 is 0 Å². The molecule has 0 radical (unpaired) electrons. The first-order valence-electron chi connectivity index (χ1n) is 6.27. The standard InChI is InChI=1S/C12H20N6O/c1-8(2)7-14-10-16-11(15-9(3)4)18-12(17-10)19-6-5-13/h8-9H,6-7H2,1-4H3,(H2,14,15,16,17,18). The van der Waals surface area contributed by atoms with Gasteiger partial charge in [-0.25, -0.2) is 0 Å². The maximum atomic E-state index is 8.51. The van der Waals surface area contributed by atoms with Crippen molar-refractivity contribution in [1.29, 1.82) is 5.26 Å². The number of nitrogens with zero attached hydrogens (tertiary/aromatic N) is 4. The van der Waals surface area contributed by atoms with Crippen molar-refractivity contribution in [2.75, 3.05) is 23.8 Å². The average molecular weight is 264 g/mol. The second-order valence-corrected chi connectivity index (χ2v) is 4.79. The molecule has 19 heavy (non-hydrogen) atoms. The van der Waals surface area contributed by atoms with E-state index in [1.54, 1.807) is 0 Å². The van der Waals surface area contributed by atoms with E-state index in [9.17, 15) is 0 Å². The summed E-state index contributed by atoms with van der Waals surface area (Å²) in [6.45, 7) is 8.82. The molecule has 1 aromatic rings. The second-order valence-electron chi connectivity index (χ2n) is 4.79. The number of rotatable bonds is 7. The number of aromatic nitrogens is 3. The second kappa shape index (κ2) is 7.36. The van der Waals surface area contributed by atoms with Gasteiger partial charge < -0.3 is 15.4 Å². The van der Waals surface area contributed by atoms with Gasteiger partial charge >= 0.3 is 6.01 Å². The third-order valence-electron chi connectivity index (χ3n) is 1.97. The van der Waals surface area contributed by atoms with Crippen molar-refractivity contribution < 1.29 is 4.74 Å². The first kappa shape index (κ1) is 15.0. The van der Waals surface area contributed by atoms with E-state index in [-0.39, 0.29) is 18.7 Å². The quantitative estimate of drug-likeness (QED) is 0.773. The van der Waals surface area contributed by atoms with Gasteiger partial charge in [0.05, 0.1) is 0 Å². The van der Waals surface area contributed by atoms with E-state index in [0.29, 0.717) is 17.8 Å². The predicted octanol–water partition coefficient (Wildman–Crippen LogP) is 1.66. The van der Waals surface area contributed by atoms with Gasteiger partial charge in [-0.05, 0) is 19.8 Å². The molecule has 0 aliphatic rings. The van der Waals surface area contributed by atoms with Gasteiger partial charge in [0.2, 0.25) is 11.9 Å². The molecule has 0 aliphatic heterocycles. The SMILES string of the molecule is CC(C)CNc1nc(NC(C)C)nc(OCC#N)n1. The zero-order chi connectivity index (χ0) is 14.3. The number of hydrogen-bond acceptors (Lipinski definition) is 7. The Kier molecular flexibility index (Phi) is 5.79. The van der Waals surface area contributed by atoms with Crippen molar-refractivity contribution in [2.24, 2.45) is 5.92 Å². The van der Waals surface area contributed by atoms with Gasteiger partial charge in [-0.2, -0.15) is 20.2 Å². The van der Waals surface area contributed by atoms with Crippen LogP contribution in [0.4, 0.5) is 11.9 Å². The Balaban J connectivity index is 2.85. The van der Waals surface area contributed by atoms with Crippen LogP contribution in [0.25, 0.3) is 0 Å². The van der Waals surface area contributed by atoms with Crippen molar-refractivity contribution in [3.63, 3.8) is 0 Å². The smallest absolute Gasteiger partial charge is 0.324 e. The van der Waals surface area contributed by atoms with Crippen molar-refractivity contribution in [3.8, 4) is 12.1 Å². The number of hydrogen-bond donors (Lipinski definition) is 2. The Morgan fingerprint density at radius 1 is 1.16 bits per heavy atom. The first-order chi connectivity index (χ1) is 9.01. The monoisotopic (exact) mass is 264 g/mol. The Hall–Kier alpha value is -2.10.